The zero-order valence-corrected chi connectivity index (χ0v) is 18.3. The first-order valence-corrected chi connectivity index (χ1v) is 11.4. The largest absolute Gasteiger partial charge is 0.493 e. The van der Waals surface area contributed by atoms with E-state index < -0.39 is 15.9 Å². The summed E-state index contributed by atoms with van der Waals surface area (Å²) in [4.78, 5) is 8.42. The number of hydrogen-bond donors (Lipinski definition) is 1. The van der Waals surface area contributed by atoms with Crippen molar-refractivity contribution >= 4 is 43.4 Å². The Hall–Kier alpha value is -3.62. The second-order valence-corrected chi connectivity index (χ2v) is 9.21. The molecular formula is C23H16ClN3O4S. The number of pyridine rings is 2. The average Bonchev–Trinajstić information content (AvgIpc) is 3.10. The minimum atomic E-state index is -4.24. The van der Waals surface area contributed by atoms with Gasteiger partial charge in [-0.3, -0.25) is 4.98 Å². The van der Waals surface area contributed by atoms with Gasteiger partial charge in [0, 0.05) is 28.2 Å². The Morgan fingerprint density at radius 1 is 1.00 bits per heavy atom. The number of rotatable bonds is 4. The van der Waals surface area contributed by atoms with Gasteiger partial charge in [0.2, 0.25) is 11.8 Å². The van der Waals surface area contributed by atoms with E-state index in [1.165, 1.54) is 19.4 Å². The van der Waals surface area contributed by atoms with Gasteiger partial charge in [-0.05, 0) is 42.5 Å². The van der Waals surface area contributed by atoms with Crippen LogP contribution in [0.5, 0.6) is 11.8 Å². The molecule has 32 heavy (non-hydrogen) atoms. The SMILES string of the molecule is COc1ncccc1-c1c(O)n(S(=O)(=O)c2cccc3cccnc23)c2ccc(Cl)cc12. The molecule has 0 aliphatic heterocycles. The van der Waals surface area contributed by atoms with Crippen molar-refractivity contribution in [2.24, 2.45) is 0 Å². The molecule has 5 rings (SSSR count). The number of nitrogens with zero attached hydrogens (tertiary/aromatic N) is 3. The third kappa shape index (κ3) is 2.99. The summed E-state index contributed by atoms with van der Waals surface area (Å²) in [7, 11) is -2.79. The van der Waals surface area contributed by atoms with Crippen LogP contribution in [0.15, 0.2) is 78.0 Å². The summed E-state index contributed by atoms with van der Waals surface area (Å²) in [6.45, 7) is 0. The quantitative estimate of drug-likeness (QED) is 0.407. The van der Waals surface area contributed by atoms with Crippen molar-refractivity contribution in [1.29, 1.82) is 0 Å². The van der Waals surface area contributed by atoms with Gasteiger partial charge in [0.15, 0.2) is 0 Å². The molecule has 0 atom stereocenters. The minimum Gasteiger partial charge on any atom is -0.493 e. The molecule has 0 unspecified atom stereocenters. The van der Waals surface area contributed by atoms with Crippen molar-refractivity contribution in [2.75, 3.05) is 7.11 Å². The molecule has 7 nitrogen and oxygen atoms in total. The first-order chi connectivity index (χ1) is 15.4. The lowest BCUT2D eigenvalue weighted by atomic mass is 10.1. The predicted octanol–water partition coefficient (Wildman–Crippen LogP) is 4.86. The van der Waals surface area contributed by atoms with E-state index >= 15 is 0 Å². The van der Waals surface area contributed by atoms with Crippen molar-refractivity contribution in [3.8, 4) is 22.9 Å². The molecule has 2 aromatic carbocycles. The van der Waals surface area contributed by atoms with Crippen LogP contribution in [-0.2, 0) is 10.0 Å². The summed E-state index contributed by atoms with van der Waals surface area (Å²) in [6, 6.07) is 16.5. The standard InChI is InChI=1S/C23H16ClN3O4S/c1-31-22-16(7-4-12-26-22)20-17-13-15(24)9-10-18(17)27(23(20)28)32(29,30)19-8-2-5-14-6-3-11-25-21(14)19/h2-13,28H,1H3. The van der Waals surface area contributed by atoms with E-state index in [-0.39, 0.29) is 21.9 Å². The third-order valence-corrected chi connectivity index (χ3v) is 7.18. The maximum atomic E-state index is 13.8. The molecule has 0 radical (unpaired) electrons. The molecule has 5 aromatic rings. The van der Waals surface area contributed by atoms with E-state index in [1.807, 2.05) is 0 Å². The predicted molar refractivity (Wildman–Crippen MR) is 123 cm³/mol. The number of benzene rings is 2. The number of halogens is 1. The van der Waals surface area contributed by atoms with Crippen molar-refractivity contribution in [3.63, 3.8) is 0 Å². The Bertz CT molecular complexity index is 1610. The van der Waals surface area contributed by atoms with E-state index in [0.717, 1.165) is 3.97 Å². The molecule has 0 bridgehead atoms. The van der Waals surface area contributed by atoms with Gasteiger partial charge in [-0.1, -0.05) is 29.8 Å². The van der Waals surface area contributed by atoms with Crippen LogP contribution in [0.25, 0.3) is 32.9 Å². The van der Waals surface area contributed by atoms with Crippen molar-refractivity contribution in [1.82, 2.24) is 13.9 Å². The molecule has 1 N–H and O–H groups in total. The van der Waals surface area contributed by atoms with Crippen molar-refractivity contribution in [2.45, 2.75) is 4.90 Å². The van der Waals surface area contributed by atoms with Gasteiger partial charge in [-0.15, -0.1) is 0 Å². The Morgan fingerprint density at radius 2 is 1.75 bits per heavy atom. The number of aromatic hydroxyl groups is 1. The highest BCUT2D eigenvalue weighted by Crippen LogP contribution is 2.45. The summed E-state index contributed by atoms with van der Waals surface area (Å²) in [5.74, 6) is -0.229. The third-order valence-electron chi connectivity index (χ3n) is 5.21. The maximum Gasteiger partial charge on any atom is 0.273 e. The summed E-state index contributed by atoms with van der Waals surface area (Å²) < 4.78 is 34.0. The molecule has 0 aliphatic carbocycles. The molecule has 0 fully saturated rings. The van der Waals surface area contributed by atoms with Crippen LogP contribution in [0, 0.1) is 0 Å². The molecular weight excluding hydrogens is 450 g/mol. The first kappa shape index (κ1) is 20.3. The molecule has 160 valence electrons. The molecule has 9 heteroatoms. The lowest BCUT2D eigenvalue weighted by molar-refractivity contribution is 0.399. The number of aromatic nitrogens is 3. The molecule has 3 aromatic heterocycles. The Kier molecular flexibility index (Phi) is 4.76. The number of para-hydroxylation sites is 1. The van der Waals surface area contributed by atoms with Gasteiger partial charge in [0.25, 0.3) is 10.0 Å². The highest BCUT2D eigenvalue weighted by Gasteiger charge is 2.30. The summed E-state index contributed by atoms with van der Waals surface area (Å²) >= 11 is 6.23. The molecule has 0 amide bonds. The summed E-state index contributed by atoms with van der Waals surface area (Å²) in [5.41, 5.74) is 1.26. The minimum absolute atomic E-state index is 0.0255. The molecule has 0 spiro atoms. The fourth-order valence-electron chi connectivity index (χ4n) is 3.86. The fraction of sp³-hybridized carbons (Fsp3) is 0.0435. The van der Waals surface area contributed by atoms with Gasteiger partial charge < -0.3 is 9.84 Å². The van der Waals surface area contributed by atoms with Crippen LogP contribution in [0.3, 0.4) is 0 Å². The number of ether oxygens (including phenoxy) is 1. The second-order valence-electron chi connectivity index (χ2n) is 7.02. The van der Waals surface area contributed by atoms with Gasteiger partial charge >= 0.3 is 0 Å². The van der Waals surface area contributed by atoms with Crippen LogP contribution < -0.4 is 4.74 Å². The number of methoxy groups -OCH3 is 1. The molecule has 0 saturated heterocycles. The smallest absolute Gasteiger partial charge is 0.273 e. The van der Waals surface area contributed by atoms with E-state index in [0.29, 0.717) is 26.9 Å². The fourth-order valence-corrected chi connectivity index (χ4v) is 5.63. The summed E-state index contributed by atoms with van der Waals surface area (Å²) in [5, 5.41) is 12.8. The Balaban J connectivity index is 1.89. The highest BCUT2D eigenvalue weighted by molar-refractivity contribution is 7.90. The van der Waals surface area contributed by atoms with Gasteiger partial charge in [-0.2, -0.15) is 0 Å². The molecule has 3 heterocycles. The highest BCUT2D eigenvalue weighted by atomic mass is 35.5. The van der Waals surface area contributed by atoms with E-state index in [1.54, 1.807) is 60.8 Å². The average molecular weight is 466 g/mol. The topological polar surface area (TPSA) is 94.3 Å². The van der Waals surface area contributed by atoms with Crippen molar-refractivity contribution in [3.05, 3.63) is 78.1 Å². The normalized spacial score (nSPS) is 11.8. The van der Waals surface area contributed by atoms with Gasteiger partial charge in [0.1, 0.15) is 4.90 Å². The number of fused-ring (bicyclic) bond motifs is 2. The van der Waals surface area contributed by atoms with E-state index in [9.17, 15) is 13.5 Å². The molecule has 0 aliphatic rings. The zero-order valence-electron chi connectivity index (χ0n) is 16.7. The van der Waals surface area contributed by atoms with Crippen LogP contribution in [0.4, 0.5) is 0 Å². The van der Waals surface area contributed by atoms with Crippen LogP contribution in [-0.4, -0.2) is 34.6 Å². The lowest BCUT2D eigenvalue weighted by Crippen LogP contribution is -2.13. The molecule has 0 saturated carbocycles. The van der Waals surface area contributed by atoms with Crippen molar-refractivity contribution < 1.29 is 18.3 Å². The van der Waals surface area contributed by atoms with E-state index in [2.05, 4.69) is 9.97 Å². The van der Waals surface area contributed by atoms with Gasteiger partial charge in [0.05, 0.1) is 29.3 Å². The lowest BCUT2D eigenvalue weighted by Gasteiger charge is -2.11. The number of hydrogen-bond acceptors (Lipinski definition) is 6. The van der Waals surface area contributed by atoms with Crippen LogP contribution >= 0.6 is 11.6 Å². The van der Waals surface area contributed by atoms with Crippen LogP contribution in [0.1, 0.15) is 0 Å². The Morgan fingerprint density at radius 3 is 2.56 bits per heavy atom. The monoisotopic (exact) mass is 465 g/mol. The first-order valence-electron chi connectivity index (χ1n) is 9.55. The summed E-state index contributed by atoms with van der Waals surface area (Å²) in [6.07, 6.45) is 3.07. The maximum absolute atomic E-state index is 13.8. The van der Waals surface area contributed by atoms with E-state index in [4.69, 9.17) is 16.3 Å². The van der Waals surface area contributed by atoms with Gasteiger partial charge in [-0.25, -0.2) is 17.4 Å². The second kappa shape index (κ2) is 7.51. The van der Waals surface area contributed by atoms with Crippen LogP contribution in [0.2, 0.25) is 5.02 Å². The zero-order chi connectivity index (χ0) is 22.5. The Labute approximate surface area is 188 Å².